The minimum absolute atomic E-state index is 0.165. The Morgan fingerprint density at radius 1 is 1.00 bits per heavy atom. The SMILES string of the molecule is C[C@@]1(c2ccccc2)O[C@H]1[C@@H](O)c1ccccc1. The van der Waals surface area contributed by atoms with Crippen LogP contribution in [0.1, 0.15) is 24.2 Å². The van der Waals surface area contributed by atoms with Gasteiger partial charge in [-0.2, -0.15) is 0 Å². The van der Waals surface area contributed by atoms with Crippen LogP contribution in [0.4, 0.5) is 0 Å². The lowest BCUT2D eigenvalue weighted by Crippen LogP contribution is -2.14. The minimum Gasteiger partial charge on any atom is -0.386 e. The fourth-order valence-corrected chi connectivity index (χ4v) is 2.42. The van der Waals surface area contributed by atoms with E-state index in [9.17, 15) is 5.11 Å². The van der Waals surface area contributed by atoms with Gasteiger partial charge in [-0.05, 0) is 18.1 Å². The maximum Gasteiger partial charge on any atom is 0.122 e. The zero-order valence-electron chi connectivity index (χ0n) is 10.3. The molecule has 2 heteroatoms. The van der Waals surface area contributed by atoms with E-state index in [1.165, 1.54) is 0 Å². The van der Waals surface area contributed by atoms with E-state index in [1.54, 1.807) is 0 Å². The van der Waals surface area contributed by atoms with Crippen molar-refractivity contribution in [3.63, 3.8) is 0 Å². The van der Waals surface area contributed by atoms with Crippen LogP contribution < -0.4 is 0 Å². The van der Waals surface area contributed by atoms with Crippen molar-refractivity contribution >= 4 is 0 Å². The van der Waals surface area contributed by atoms with Gasteiger partial charge in [0, 0.05) is 0 Å². The van der Waals surface area contributed by atoms with Gasteiger partial charge in [0.15, 0.2) is 0 Å². The molecule has 0 bridgehead atoms. The summed E-state index contributed by atoms with van der Waals surface area (Å²) in [4.78, 5) is 0. The molecule has 0 aromatic heterocycles. The molecular weight excluding hydrogens is 224 g/mol. The fraction of sp³-hybridized carbons (Fsp3) is 0.250. The number of aliphatic hydroxyl groups excluding tert-OH is 1. The van der Waals surface area contributed by atoms with Gasteiger partial charge in [0.05, 0.1) is 0 Å². The Morgan fingerprint density at radius 2 is 1.56 bits per heavy atom. The summed E-state index contributed by atoms with van der Waals surface area (Å²) in [6, 6.07) is 19.7. The van der Waals surface area contributed by atoms with Gasteiger partial charge < -0.3 is 9.84 Å². The van der Waals surface area contributed by atoms with Gasteiger partial charge in [-0.3, -0.25) is 0 Å². The summed E-state index contributed by atoms with van der Waals surface area (Å²) in [5.41, 5.74) is 1.66. The molecule has 92 valence electrons. The lowest BCUT2D eigenvalue weighted by Gasteiger charge is -2.11. The molecule has 18 heavy (non-hydrogen) atoms. The molecule has 0 aliphatic carbocycles. The van der Waals surface area contributed by atoms with E-state index >= 15 is 0 Å². The summed E-state index contributed by atoms with van der Waals surface area (Å²) < 4.78 is 5.76. The van der Waals surface area contributed by atoms with Crippen molar-refractivity contribution in [2.24, 2.45) is 0 Å². The third-order valence-corrected chi connectivity index (χ3v) is 3.63. The maximum absolute atomic E-state index is 10.3. The Bertz CT molecular complexity index is 523. The van der Waals surface area contributed by atoms with Crippen LogP contribution in [0.25, 0.3) is 0 Å². The van der Waals surface area contributed by atoms with Crippen molar-refractivity contribution < 1.29 is 9.84 Å². The minimum atomic E-state index is -0.573. The van der Waals surface area contributed by atoms with Gasteiger partial charge in [-0.1, -0.05) is 60.7 Å². The lowest BCUT2D eigenvalue weighted by atomic mass is 9.92. The van der Waals surface area contributed by atoms with Gasteiger partial charge in [0.2, 0.25) is 0 Å². The molecule has 0 unspecified atom stereocenters. The molecule has 2 nitrogen and oxygen atoms in total. The van der Waals surface area contributed by atoms with E-state index in [0.717, 1.165) is 11.1 Å². The summed E-state index contributed by atoms with van der Waals surface area (Å²) >= 11 is 0. The average Bonchev–Trinajstić information content (AvgIpc) is 3.14. The predicted octanol–water partition coefficient (Wildman–Crippen LogP) is 3.03. The van der Waals surface area contributed by atoms with Crippen molar-refractivity contribution in [1.29, 1.82) is 0 Å². The average molecular weight is 240 g/mol. The predicted molar refractivity (Wildman–Crippen MR) is 70.1 cm³/mol. The van der Waals surface area contributed by atoms with Crippen LogP contribution in [0.3, 0.4) is 0 Å². The Morgan fingerprint density at radius 3 is 2.17 bits per heavy atom. The molecule has 3 atom stereocenters. The first-order chi connectivity index (χ1) is 8.72. The standard InChI is InChI=1S/C16H16O2/c1-16(13-10-6-3-7-11-13)15(18-16)14(17)12-8-4-2-5-9-12/h2-11,14-15,17H,1H3/t14-,15-,16-/m0/s1. The second-order valence-corrected chi connectivity index (χ2v) is 4.87. The number of benzene rings is 2. The summed E-state index contributed by atoms with van der Waals surface area (Å²) in [5.74, 6) is 0. The van der Waals surface area contributed by atoms with Crippen LogP contribution in [-0.2, 0) is 10.3 Å². The first kappa shape index (κ1) is 11.5. The van der Waals surface area contributed by atoms with E-state index < -0.39 is 6.10 Å². The van der Waals surface area contributed by atoms with Crippen molar-refractivity contribution in [2.45, 2.75) is 24.7 Å². The molecule has 1 saturated heterocycles. The number of hydrogen-bond donors (Lipinski definition) is 1. The molecule has 1 N–H and O–H groups in total. The van der Waals surface area contributed by atoms with Gasteiger partial charge in [-0.25, -0.2) is 0 Å². The van der Waals surface area contributed by atoms with Gasteiger partial charge >= 0.3 is 0 Å². The molecule has 3 rings (SSSR count). The van der Waals surface area contributed by atoms with E-state index in [1.807, 2.05) is 67.6 Å². The number of ether oxygens (including phenoxy) is 1. The third kappa shape index (κ3) is 1.84. The maximum atomic E-state index is 10.3. The van der Waals surface area contributed by atoms with Gasteiger partial charge in [0.25, 0.3) is 0 Å². The van der Waals surface area contributed by atoms with Crippen molar-refractivity contribution in [3.8, 4) is 0 Å². The fourth-order valence-electron chi connectivity index (χ4n) is 2.42. The topological polar surface area (TPSA) is 32.8 Å². The highest BCUT2D eigenvalue weighted by Crippen LogP contribution is 2.51. The molecule has 0 saturated carbocycles. The summed E-state index contributed by atoms with van der Waals surface area (Å²) in [7, 11) is 0. The summed E-state index contributed by atoms with van der Waals surface area (Å²) in [6.07, 6.45) is -0.737. The van der Waals surface area contributed by atoms with Crippen LogP contribution >= 0.6 is 0 Å². The Kier molecular flexibility index (Phi) is 2.69. The molecule has 2 aromatic rings. The molecule has 1 aliphatic heterocycles. The molecule has 0 amide bonds. The molecule has 0 radical (unpaired) electrons. The second-order valence-electron chi connectivity index (χ2n) is 4.87. The molecule has 1 fully saturated rings. The largest absolute Gasteiger partial charge is 0.386 e. The number of epoxide rings is 1. The van der Waals surface area contributed by atoms with Gasteiger partial charge in [-0.15, -0.1) is 0 Å². The number of hydrogen-bond acceptors (Lipinski definition) is 2. The first-order valence-electron chi connectivity index (χ1n) is 6.18. The molecule has 0 spiro atoms. The second kappa shape index (κ2) is 4.23. The quantitative estimate of drug-likeness (QED) is 0.836. The zero-order valence-corrected chi connectivity index (χ0v) is 10.3. The highest BCUT2D eigenvalue weighted by Gasteiger charge is 2.57. The molecule has 1 aliphatic rings. The smallest absolute Gasteiger partial charge is 0.122 e. The van der Waals surface area contributed by atoms with Crippen LogP contribution in [0.15, 0.2) is 60.7 Å². The third-order valence-electron chi connectivity index (χ3n) is 3.63. The zero-order chi connectivity index (χ0) is 12.6. The number of rotatable bonds is 3. The monoisotopic (exact) mass is 240 g/mol. The van der Waals surface area contributed by atoms with Crippen molar-refractivity contribution in [2.75, 3.05) is 0 Å². The normalized spacial score (nSPS) is 27.8. The molecule has 2 aromatic carbocycles. The van der Waals surface area contributed by atoms with E-state index in [-0.39, 0.29) is 11.7 Å². The summed E-state index contributed by atoms with van der Waals surface area (Å²) in [6.45, 7) is 2.03. The molecular formula is C16H16O2. The van der Waals surface area contributed by atoms with E-state index in [2.05, 4.69) is 0 Å². The van der Waals surface area contributed by atoms with Crippen LogP contribution in [0.5, 0.6) is 0 Å². The summed E-state index contributed by atoms with van der Waals surface area (Å²) in [5, 5.41) is 10.3. The molecule has 1 heterocycles. The highest BCUT2D eigenvalue weighted by molar-refractivity contribution is 5.31. The van der Waals surface area contributed by atoms with Crippen molar-refractivity contribution in [1.82, 2.24) is 0 Å². The van der Waals surface area contributed by atoms with Gasteiger partial charge in [0.1, 0.15) is 17.8 Å². The Labute approximate surface area is 107 Å². The van der Waals surface area contributed by atoms with E-state index in [4.69, 9.17) is 4.74 Å². The van der Waals surface area contributed by atoms with Crippen LogP contribution in [-0.4, -0.2) is 11.2 Å². The van der Waals surface area contributed by atoms with Crippen molar-refractivity contribution in [3.05, 3.63) is 71.8 Å². The number of aliphatic hydroxyl groups is 1. The van der Waals surface area contributed by atoms with Crippen LogP contribution in [0.2, 0.25) is 0 Å². The first-order valence-corrected chi connectivity index (χ1v) is 6.18. The van der Waals surface area contributed by atoms with Crippen LogP contribution in [0, 0.1) is 0 Å². The van der Waals surface area contributed by atoms with E-state index in [0.29, 0.717) is 0 Å². The Balaban J connectivity index is 1.82. The lowest BCUT2D eigenvalue weighted by molar-refractivity contribution is 0.136. The highest BCUT2D eigenvalue weighted by atomic mass is 16.6. The Hall–Kier alpha value is -1.64.